The molecule has 20 heavy (non-hydrogen) atoms. The molecule has 1 aromatic carbocycles. The number of nitrogens with two attached hydrogens (primary N) is 1. The molecule has 4 heteroatoms. The first-order chi connectivity index (χ1) is 9.69. The summed E-state index contributed by atoms with van der Waals surface area (Å²) in [6.45, 7) is 5.95. The normalized spacial score (nSPS) is 22.6. The van der Waals surface area contributed by atoms with Gasteiger partial charge in [-0.3, -0.25) is 4.79 Å². The molecule has 0 bridgehead atoms. The molecule has 2 unspecified atom stereocenters. The van der Waals surface area contributed by atoms with Crippen LogP contribution in [0.4, 0.5) is 0 Å². The van der Waals surface area contributed by atoms with E-state index in [1.165, 1.54) is 0 Å². The van der Waals surface area contributed by atoms with Gasteiger partial charge in [-0.1, -0.05) is 19.1 Å². The minimum absolute atomic E-state index is 0.0380. The summed E-state index contributed by atoms with van der Waals surface area (Å²) < 4.78 is 5.57. The number of rotatable bonds is 4. The number of hydrogen-bond acceptors (Lipinski definition) is 3. The average molecular weight is 276 g/mol. The molecule has 1 heterocycles. The topological polar surface area (TPSA) is 55.6 Å². The van der Waals surface area contributed by atoms with E-state index in [0.29, 0.717) is 30.4 Å². The molecular weight excluding hydrogens is 252 g/mol. The zero-order valence-electron chi connectivity index (χ0n) is 12.3. The van der Waals surface area contributed by atoms with Crippen molar-refractivity contribution >= 4 is 5.91 Å². The first-order valence-electron chi connectivity index (χ1n) is 7.41. The molecule has 110 valence electrons. The van der Waals surface area contributed by atoms with Crippen LogP contribution >= 0.6 is 0 Å². The smallest absolute Gasteiger partial charge is 0.257 e. The van der Waals surface area contributed by atoms with Gasteiger partial charge in [0.05, 0.1) is 12.2 Å². The molecule has 0 saturated carbocycles. The second kappa shape index (κ2) is 6.75. The van der Waals surface area contributed by atoms with Crippen LogP contribution in [0, 0.1) is 5.92 Å². The Morgan fingerprint density at radius 2 is 2.20 bits per heavy atom. The van der Waals surface area contributed by atoms with E-state index in [-0.39, 0.29) is 11.9 Å². The number of para-hydroxylation sites is 1. The number of nitrogens with zero attached hydrogens (tertiary/aromatic N) is 1. The number of carbonyl (C=O) groups excluding carboxylic acids is 1. The molecule has 1 aliphatic heterocycles. The van der Waals surface area contributed by atoms with Gasteiger partial charge in [-0.25, -0.2) is 0 Å². The third-order valence-electron chi connectivity index (χ3n) is 4.04. The van der Waals surface area contributed by atoms with Gasteiger partial charge >= 0.3 is 0 Å². The maximum atomic E-state index is 12.8. The standard InChI is InChI=1S/C16H24N2O2/c1-3-20-15-9-5-4-8-13(15)16(19)18-10-6-7-12(2)14(18)11-17/h4-5,8-9,12,14H,3,6-7,10-11,17H2,1-2H3. The third-order valence-corrected chi connectivity index (χ3v) is 4.04. The van der Waals surface area contributed by atoms with Crippen molar-refractivity contribution in [2.24, 2.45) is 11.7 Å². The molecule has 4 nitrogen and oxygen atoms in total. The lowest BCUT2D eigenvalue weighted by Crippen LogP contribution is -2.51. The van der Waals surface area contributed by atoms with Gasteiger partial charge in [-0.15, -0.1) is 0 Å². The Kier molecular flexibility index (Phi) is 5.01. The maximum absolute atomic E-state index is 12.8. The monoisotopic (exact) mass is 276 g/mol. The van der Waals surface area contributed by atoms with Gasteiger partial charge in [0, 0.05) is 19.1 Å². The highest BCUT2D eigenvalue weighted by Crippen LogP contribution is 2.27. The van der Waals surface area contributed by atoms with Gasteiger partial charge in [-0.05, 0) is 37.8 Å². The predicted molar refractivity (Wildman–Crippen MR) is 79.9 cm³/mol. The molecule has 2 atom stereocenters. The zero-order chi connectivity index (χ0) is 14.5. The molecule has 0 aromatic heterocycles. The van der Waals surface area contributed by atoms with E-state index in [2.05, 4.69) is 6.92 Å². The van der Waals surface area contributed by atoms with E-state index >= 15 is 0 Å². The molecule has 0 spiro atoms. The summed E-state index contributed by atoms with van der Waals surface area (Å²) in [4.78, 5) is 14.7. The van der Waals surface area contributed by atoms with E-state index in [9.17, 15) is 4.79 Å². The van der Waals surface area contributed by atoms with Crippen LogP contribution < -0.4 is 10.5 Å². The van der Waals surface area contributed by atoms with E-state index in [4.69, 9.17) is 10.5 Å². The SMILES string of the molecule is CCOc1ccccc1C(=O)N1CCCC(C)C1CN. The summed E-state index contributed by atoms with van der Waals surface area (Å²) in [5.41, 5.74) is 6.51. The summed E-state index contributed by atoms with van der Waals surface area (Å²) in [5, 5.41) is 0. The predicted octanol–water partition coefficient (Wildman–Crippen LogP) is 2.28. The number of benzene rings is 1. The molecule has 1 aromatic rings. The van der Waals surface area contributed by atoms with Gasteiger partial charge in [0.2, 0.25) is 0 Å². The average Bonchev–Trinajstić information content (AvgIpc) is 2.47. The third kappa shape index (κ3) is 2.96. The zero-order valence-corrected chi connectivity index (χ0v) is 12.3. The summed E-state index contributed by atoms with van der Waals surface area (Å²) in [6.07, 6.45) is 2.18. The fraction of sp³-hybridized carbons (Fsp3) is 0.562. The molecule has 1 aliphatic rings. The van der Waals surface area contributed by atoms with Crippen LogP contribution in [0.3, 0.4) is 0 Å². The van der Waals surface area contributed by atoms with Gasteiger partial charge in [0.1, 0.15) is 5.75 Å². The molecule has 1 fully saturated rings. The Morgan fingerprint density at radius 3 is 2.90 bits per heavy atom. The van der Waals surface area contributed by atoms with Crippen molar-refractivity contribution in [3.8, 4) is 5.75 Å². The number of piperidine rings is 1. The van der Waals surface area contributed by atoms with Gasteiger partial charge in [0.15, 0.2) is 0 Å². The van der Waals surface area contributed by atoms with Crippen LogP contribution in [0.1, 0.15) is 37.0 Å². The molecule has 0 aliphatic carbocycles. The summed E-state index contributed by atoms with van der Waals surface area (Å²) in [5.74, 6) is 1.15. The largest absolute Gasteiger partial charge is 0.493 e. The fourth-order valence-corrected chi connectivity index (χ4v) is 2.94. The molecule has 1 amide bonds. The van der Waals surface area contributed by atoms with E-state index in [1.807, 2.05) is 36.1 Å². The minimum Gasteiger partial charge on any atom is -0.493 e. The number of hydrogen-bond donors (Lipinski definition) is 1. The van der Waals surface area contributed by atoms with Gasteiger partial charge in [-0.2, -0.15) is 0 Å². The van der Waals surface area contributed by atoms with Crippen molar-refractivity contribution in [2.75, 3.05) is 19.7 Å². The van der Waals surface area contributed by atoms with Gasteiger partial charge < -0.3 is 15.4 Å². The lowest BCUT2D eigenvalue weighted by Gasteiger charge is -2.39. The van der Waals surface area contributed by atoms with E-state index in [0.717, 1.165) is 19.4 Å². The van der Waals surface area contributed by atoms with Crippen LogP contribution in [0.5, 0.6) is 5.75 Å². The highest BCUT2D eigenvalue weighted by molar-refractivity contribution is 5.97. The first kappa shape index (κ1) is 14.9. The Balaban J connectivity index is 2.25. The fourth-order valence-electron chi connectivity index (χ4n) is 2.94. The molecule has 0 radical (unpaired) electrons. The second-order valence-corrected chi connectivity index (χ2v) is 5.35. The van der Waals surface area contributed by atoms with Crippen molar-refractivity contribution in [3.63, 3.8) is 0 Å². The maximum Gasteiger partial charge on any atom is 0.257 e. The molecule has 2 N–H and O–H groups in total. The van der Waals surface area contributed by atoms with E-state index in [1.54, 1.807) is 0 Å². The van der Waals surface area contributed by atoms with Crippen LogP contribution in [-0.4, -0.2) is 36.5 Å². The number of ether oxygens (including phenoxy) is 1. The Morgan fingerprint density at radius 1 is 1.45 bits per heavy atom. The summed E-state index contributed by atoms with van der Waals surface area (Å²) >= 11 is 0. The van der Waals surface area contributed by atoms with Gasteiger partial charge in [0.25, 0.3) is 5.91 Å². The van der Waals surface area contributed by atoms with Crippen molar-refractivity contribution in [1.82, 2.24) is 4.90 Å². The second-order valence-electron chi connectivity index (χ2n) is 5.35. The summed E-state index contributed by atoms with van der Waals surface area (Å²) in [6, 6.07) is 7.58. The first-order valence-corrected chi connectivity index (χ1v) is 7.41. The Hall–Kier alpha value is -1.55. The van der Waals surface area contributed by atoms with Crippen LogP contribution in [0.15, 0.2) is 24.3 Å². The lowest BCUT2D eigenvalue weighted by molar-refractivity contribution is 0.0528. The molecule has 1 saturated heterocycles. The van der Waals surface area contributed by atoms with Crippen molar-refractivity contribution in [3.05, 3.63) is 29.8 Å². The molecular formula is C16H24N2O2. The number of amides is 1. The summed E-state index contributed by atoms with van der Waals surface area (Å²) in [7, 11) is 0. The van der Waals surface area contributed by atoms with Crippen LogP contribution in [0.2, 0.25) is 0 Å². The van der Waals surface area contributed by atoms with Crippen molar-refractivity contribution < 1.29 is 9.53 Å². The van der Waals surface area contributed by atoms with Crippen LogP contribution in [0.25, 0.3) is 0 Å². The highest BCUT2D eigenvalue weighted by atomic mass is 16.5. The van der Waals surface area contributed by atoms with Crippen LogP contribution in [-0.2, 0) is 0 Å². The van der Waals surface area contributed by atoms with Crippen molar-refractivity contribution in [1.29, 1.82) is 0 Å². The highest BCUT2D eigenvalue weighted by Gasteiger charge is 2.32. The number of likely N-dealkylation sites (tertiary alicyclic amines) is 1. The molecule has 2 rings (SSSR count). The number of carbonyl (C=O) groups is 1. The van der Waals surface area contributed by atoms with Crippen molar-refractivity contribution in [2.45, 2.75) is 32.7 Å². The quantitative estimate of drug-likeness (QED) is 0.918. The Labute approximate surface area is 120 Å². The lowest BCUT2D eigenvalue weighted by atomic mass is 9.90. The minimum atomic E-state index is 0.0380. The Bertz CT molecular complexity index is 462. The van der Waals surface area contributed by atoms with E-state index < -0.39 is 0 Å².